The predicted molar refractivity (Wildman–Crippen MR) is 67.6 cm³/mol. The maximum atomic E-state index is 4.23. The molecule has 66 valence electrons. The molecule has 0 unspecified atom stereocenters. The van der Waals surface area contributed by atoms with Gasteiger partial charge in [0.15, 0.2) is 0 Å². The second-order valence-corrected chi connectivity index (χ2v) is 5.53. The van der Waals surface area contributed by atoms with E-state index < -0.39 is 0 Å². The van der Waals surface area contributed by atoms with E-state index in [1.54, 1.807) is 11.3 Å². The topological polar surface area (TPSA) is 12.4 Å². The summed E-state index contributed by atoms with van der Waals surface area (Å²) in [5.41, 5.74) is 0. The summed E-state index contributed by atoms with van der Waals surface area (Å²) in [7, 11) is 0. The fourth-order valence-corrected chi connectivity index (χ4v) is 3.07. The highest BCUT2D eigenvalue weighted by atomic mass is 127. The molecule has 0 N–H and O–H groups in total. The third-order valence-electron chi connectivity index (χ3n) is 1.16. The van der Waals surface area contributed by atoms with Gasteiger partial charge in [-0.05, 0) is 11.4 Å². The highest BCUT2D eigenvalue weighted by Gasteiger charge is 2.06. The van der Waals surface area contributed by atoms with Gasteiger partial charge in [-0.1, -0.05) is 19.9 Å². The van der Waals surface area contributed by atoms with Gasteiger partial charge in [0, 0.05) is 5.25 Å². The van der Waals surface area contributed by atoms with Gasteiger partial charge in [-0.15, -0.1) is 23.1 Å². The molecule has 1 aromatic heterocycles. The van der Waals surface area contributed by atoms with Gasteiger partial charge < -0.3 is 0 Å². The predicted octanol–water partition coefficient (Wildman–Crippen LogP) is 3.99. The average molecular weight is 311 g/mol. The standard InChI is InChI=1S/C8H10INS2/c1-6(2)12-8(10-9)7-4-3-5-11-7/h3-6H,1-2H3. The van der Waals surface area contributed by atoms with Crippen molar-refractivity contribution < 1.29 is 0 Å². The monoisotopic (exact) mass is 311 g/mol. The Bertz CT molecular complexity index is 254. The molecule has 0 aromatic carbocycles. The number of nitrogens with zero attached hydrogens (tertiary/aromatic N) is 1. The van der Waals surface area contributed by atoms with Crippen molar-refractivity contribution in [1.82, 2.24) is 0 Å². The number of rotatable bonds is 2. The fourth-order valence-electron chi connectivity index (χ4n) is 0.743. The molecule has 0 aliphatic heterocycles. The van der Waals surface area contributed by atoms with E-state index >= 15 is 0 Å². The minimum atomic E-state index is 0.598. The van der Waals surface area contributed by atoms with Crippen LogP contribution in [0.2, 0.25) is 0 Å². The van der Waals surface area contributed by atoms with Gasteiger partial charge in [-0.2, -0.15) is 0 Å². The first-order chi connectivity index (χ1) is 5.74. The highest BCUT2D eigenvalue weighted by Crippen LogP contribution is 2.23. The normalized spacial score (nSPS) is 12.5. The molecule has 0 atom stereocenters. The zero-order valence-electron chi connectivity index (χ0n) is 6.95. The van der Waals surface area contributed by atoms with Crippen molar-refractivity contribution in [2.75, 3.05) is 0 Å². The zero-order valence-corrected chi connectivity index (χ0v) is 10.7. The largest absolute Gasteiger partial charge is 0.207 e. The number of hydrogen-bond acceptors (Lipinski definition) is 3. The summed E-state index contributed by atoms with van der Waals surface area (Å²) >= 11 is 5.61. The summed E-state index contributed by atoms with van der Waals surface area (Å²) in [6.45, 7) is 4.36. The lowest BCUT2D eigenvalue weighted by molar-refractivity contribution is 1.12. The molecule has 0 saturated carbocycles. The number of halogens is 1. The Morgan fingerprint density at radius 1 is 1.67 bits per heavy atom. The van der Waals surface area contributed by atoms with Gasteiger partial charge >= 0.3 is 0 Å². The average Bonchev–Trinajstić information content (AvgIpc) is 2.51. The van der Waals surface area contributed by atoms with E-state index in [9.17, 15) is 0 Å². The maximum Gasteiger partial charge on any atom is 0.120 e. The van der Waals surface area contributed by atoms with Crippen LogP contribution in [0.4, 0.5) is 0 Å². The zero-order chi connectivity index (χ0) is 8.97. The molecule has 1 nitrogen and oxygen atoms in total. The van der Waals surface area contributed by atoms with Crippen LogP contribution in [0.5, 0.6) is 0 Å². The van der Waals surface area contributed by atoms with Crippen LogP contribution in [-0.4, -0.2) is 10.3 Å². The third kappa shape index (κ3) is 3.06. The van der Waals surface area contributed by atoms with Crippen molar-refractivity contribution in [1.29, 1.82) is 0 Å². The van der Waals surface area contributed by atoms with Gasteiger partial charge in [-0.3, -0.25) is 0 Å². The lowest BCUT2D eigenvalue weighted by Gasteiger charge is -2.04. The van der Waals surface area contributed by atoms with E-state index in [1.165, 1.54) is 4.88 Å². The van der Waals surface area contributed by atoms with Crippen molar-refractivity contribution in [3.8, 4) is 0 Å². The van der Waals surface area contributed by atoms with E-state index in [-0.39, 0.29) is 0 Å². The molecule has 0 saturated heterocycles. The highest BCUT2D eigenvalue weighted by molar-refractivity contribution is 14.1. The van der Waals surface area contributed by atoms with Crippen molar-refractivity contribution in [3.63, 3.8) is 0 Å². The minimum absolute atomic E-state index is 0.598. The third-order valence-corrected chi connectivity index (χ3v) is 3.98. The molecule has 0 fully saturated rings. The van der Waals surface area contributed by atoms with Crippen LogP contribution in [-0.2, 0) is 0 Å². The molecule has 0 amide bonds. The van der Waals surface area contributed by atoms with E-state index in [4.69, 9.17) is 0 Å². The first-order valence-corrected chi connectivity index (χ1v) is 6.36. The molecule has 1 heterocycles. The summed E-state index contributed by atoms with van der Waals surface area (Å²) < 4.78 is 4.23. The lowest BCUT2D eigenvalue weighted by atomic mass is 10.5. The van der Waals surface area contributed by atoms with Gasteiger partial charge in [0.25, 0.3) is 0 Å². The summed E-state index contributed by atoms with van der Waals surface area (Å²) in [5.74, 6) is 0. The first kappa shape index (κ1) is 10.5. The van der Waals surface area contributed by atoms with Gasteiger partial charge in [0.1, 0.15) is 5.04 Å². The Labute approximate surface area is 95.2 Å². The smallest absolute Gasteiger partial charge is 0.120 e. The summed E-state index contributed by atoms with van der Waals surface area (Å²) in [5, 5.41) is 3.82. The lowest BCUT2D eigenvalue weighted by Crippen LogP contribution is -1.96. The number of thiophene rings is 1. The van der Waals surface area contributed by atoms with Crippen molar-refractivity contribution >= 4 is 51.0 Å². The van der Waals surface area contributed by atoms with Crippen LogP contribution in [0.25, 0.3) is 0 Å². The van der Waals surface area contributed by atoms with Gasteiger partial charge in [-0.25, -0.2) is 3.21 Å². The SMILES string of the molecule is CC(C)SC(=NI)c1cccs1. The molecule has 0 aliphatic rings. The Morgan fingerprint density at radius 2 is 2.42 bits per heavy atom. The number of thioether (sulfide) groups is 1. The Morgan fingerprint density at radius 3 is 2.83 bits per heavy atom. The molecule has 0 bridgehead atoms. The Hall–Kier alpha value is 0.450. The van der Waals surface area contributed by atoms with Crippen LogP contribution < -0.4 is 0 Å². The van der Waals surface area contributed by atoms with E-state index in [0.29, 0.717) is 5.25 Å². The quantitative estimate of drug-likeness (QED) is 0.457. The molecule has 0 aliphatic carbocycles. The molecule has 4 heteroatoms. The summed E-state index contributed by atoms with van der Waals surface area (Å²) in [4.78, 5) is 1.27. The molecular formula is C8H10INS2. The summed E-state index contributed by atoms with van der Waals surface area (Å²) in [6.07, 6.45) is 0. The number of hydrogen-bond donors (Lipinski definition) is 0. The molecule has 0 spiro atoms. The molecular weight excluding hydrogens is 301 g/mol. The first-order valence-electron chi connectivity index (χ1n) is 3.63. The molecule has 1 rings (SSSR count). The van der Waals surface area contributed by atoms with Crippen molar-refractivity contribution in [2.45, 2.75) is 19.1 Å². The Balaban J connectivity index is 2.72. The molecule has 1 aromatic rings. The fraction of sp³-hybridized carbons (Fsp3) is 0.375. The van der Waals surface area contributed by atoms with Gasteiger partial charge in [0.2, 0.25) is 0 Å². The van der Waals surface area contributed by atoms with E-state index in [1.807, 2.05) is 11.8 Å². The van der Waals surface area contributed by atoms with Gasteiger partial charge in [0.05, 0.1) is 27.7 Å². The van der Waals surface area contributed by atoms with Crippen LogP contribution in [0, 0.1) is 0 Å². The van der Waals surface area contributed by atoms with Crippen molar-refractivity contribution in [3.05, 3.63) is 22.4 Å². The second kappa shape index (κ2) is 5.24. The van der Waals surface area contributed by atoms with Crippen molar-refractivity contribution in [2.24, 2.45) is 3.21 Å². The van der Waals surface area contributed by atoms with Crippen LogP contribution in [0.3, 0.4) is 0 Å². The van der Waals surface area contributed by atoms with Crippen LogP contribution in [0.1, 0.15) is 18.7 Å². The van der Waals surface area contributed by atoms with Crippen LogP contribution >= 0.6 is 46.0 Å². The molecule has 0 radical (unpaired) electrons. The Kier molecular flexibility index (Phi) is 4.60. The minimum Gasteiger partial charge on any atom is -0.207 e. The van der Waals surface area contributed by atoms with E-state index in [2.05, 4.69) is 57.4 Å². The summed E-state index contributed by atoms with van der Waals surface area (Å²) in [6, 6.07) is 4.17. The van der Waals surface area contributed by atoms with E-state index in [0.717, 1.165) is 5.04 Å². The maximum absolute atomic E-state index is 4.23. The second-order valence-electron chi connectivity index (χ2n) is 2.53. The van der Waals surface area contributed by atoms with Crippen LogP contribution in [0.15, 0.2) is 20.7 Å². The molecule has 12 heavy (non-hydrogen) atoms.